The molecule has 0 unspecified atom stereocenters. The predicted octanol–water partition coefficient (Wildman–Crippen LogP) is 1.76. The molecule has 1 aromatic carbocycles. The minimum atomic E-state index is -4.26. The highest BCUT2D eigenvalue weighted by Crippen LogP contribution is 2.24. The van der Waals surface area contributed by atoms with Crippen LogP contribution in [-0.4, -0.2) is 58.7 Å². The van der Waals surface area contributed by atoms with Crippen LogP contribution in [0.4, 0.5) is 14.6 Å². The smallest absolute Gasteiger partial charge is 0.249 e. The van der Waals surface area contributed by atoms with Crippen LogP contribution in [0.5, 0.6) is 0 Å². The molecule has 2 aromatic heterocycles. The van der Waals surface area contributed by atoms with Gasteiger partial charge < -0.3 is 4.90 Å². The molecule has 0 atom stereocenters. The van der Waals surface area contributed by atoms with Gasteiger partial charge in [-0.25, -0.2) is 22.2 Å². The normalized spacial score (nSPS) is 15.6. The second-order valence-corrected chi connectivity index (χ2v) is 8.41. The number of aromatic nitrogens is 4. The summed E-state index contributed by atoms with van der Waals surface area (Å²) in [6, 6.07) is 6.60. The molecule has 0 N–H and O–H groups in total. The van der Waals surface area contributed by atoms with Crippen molar-refractivity contribution in [1.29, 1.82) is 0 Å². The zero-order chi connectivity index (χ0) is 20.6. The molecule has 152 valence electrons. The Morgan fingerprint density at radius 3 is 2.10 bits per heavy atom. The maximum Gasteiger partial charge on any atom is 0.249 e. The molecule has 4 rings (SSSR count). The Morgan fingerprint density at radius 1 is 0.931 bits per heavy atom. The van der Waals surface area contributed by atoms with Crippen molar-refractivity contribution >= 4 is 15.8 Å². The standard InChI is InChI=1S/C18H18F2N6O2S/c1-13-21-7-8-26(13)17-6-5-16(22-23-17)24-9-11-25(12-10-24)29(27,28)18-14(19)3-2-4-15(18)20/h2-8H,9-12H2,1H3. The molecule has 29 heavy (non-hydrogen) atoms. The Morgan fingerprint density at radius 2 is 1.55 bits per heavy atom. The van der Waals surface area contributed by atoms with E-state index >= 15 is 0 Å². The van der Waals surface area contributed by atoms with Crippen molar-refractivity contribution in [2.45, 2.75) is 11.8 Å². The van der Waals surface area contributed by atoms with E-state index < -0.39 is 26.6 Å². The second kappa shape index (κ2) is 7.48. The van der Waals surface area contributed by atoms with Gasteiger partial charge in [0.25, 0.3) is 0 Å². The molecule has 0 radical (unpaired) electrons. The van der Waals surface area contributed by atoms with E-state index in [1.54, 1.807) is 29.1 Å². The van der Waals surface area contributed by atoms with Crippen LogP contribution in [0.15, 0.2) is 47.6 Å². The van der Waals surface area contributed by atoms with Gasteiger partial charge >= 0.3 is 0 Å². The number of anilines is 1. The molecule has 0 bridgehead atoms. The summed E-state index contributed by atoms with van der Waals surface area (Å²) in [6.07, 6.45) is 3.45. The minimum Gasteiger partial charge on any atom is -0.352 e. The summed E-state index contributed by atoms with van der Waals surface area (Å²) in [5.41, 5.74) is 0. The van der Waals surface area contributed by atoms with Gasteiger partial charge in [0, 0.05) is 38.6 Å². The first kappa shape index (κ1) is 19.4. The monoisotopic (exact) mass is 420 g/mol. The Balaban J connectivity index is 1.48. The summed E-state index contributed by atoms with van der Waals surface area (Å²) in [6.45, 7) is 2.68. The maximum atomic E-state index is 13.9. The van der Waals surface area contributed by atoms with E-state index in [1.807, 2.05) is 11.8 Å². The lowest BCUT2D eigenvalue weighted by Crippen LogP contribution is -2.49. The SMILES string of the molecule is Cc1nccn1-c1ccc(N2CCN(S(=O)(=O)c3c(F)cccc3F)CC2)nn1. The van der Waals surface area contributed by atoms with Crippen LogP contribution in [0, 0.1) is 18.6 Å². The number of piperazine rings is 1. The number of hydrogen-bond acceptors (Lipinski definition) is 6. The van der Waals surface area contributed by atoms with Crippen molar-refractivity contribution in [3.8, 4) is 5.82 Å². The van der Waals surface area contributed by atoms with Crippen molar-refractivity contribution in [3.05, 3.63) is 60.2 Å². The Hall–Kier alpha value is -2.92. The fraction of sp³-hybridized carbons (Fsp3) is 0.278. The van der Waals surface area contributed by atoms with E-state index in [4.69, 9.17) is 0 Å². The Labute approximate surface area is 166 Å². The van der Waals surface area contributed by atoms with E-state index in [9.17, 15) is 17.2 Å². The summed E-state index contributed by atoms with van der Waals surface area (Å²) in [4.78, 5) is 5.11. The van der Waals surface area contributed by atoms with Crippen molar-refractivity contribution in [3.63, 3.8) is 0 Å². The number of rotatable bonds is 4. The van der Waals surface area contributed by atoms with Crippen LogP contribution in [0.1, 0.15) is 5.82 Å². The van der Waals surface area contributed by atoms with Gasteiger partial charge in [-0.2, -0.15) is 4.31 Å². The van der Waals surface area contributed by atoms with Crippen LogP contribution < -0.4 is 4.90 Å². The number of imidazole rings is 1. The van der Waals surface area contributed by atoms with Gasteiger partial charge in [0.1, 0.15) is 17.5 Å². The highest BCUT2D eigenvalue weighted by atomic mass is 32.2. The molecule has 0 amide bonds. The number of aryl methyl sites for hydroxylation is 1. The molecule has 1 fully saturated rings. The van der Waals surface area contributed by atoms with Crippen molar-refractivity contribution in [2.75, 3.05) is 31.1 Å². The van der Waals surface area contributed by atoms with E-state index in [1.165, 1.54) is 0 Å². The zero-order valence-electron chi connectivity index (χ0n) is 15.5. The van der Waals surface area contributed by atoms with Crippen LogP contribution in [0.25, 0.3) is 5.82 Å². The first-order chi connectivity index (χ1) is 13.9. The van der Waals surface area contributed by atoms with Crippen molar-refractivity contribution in [2.24, 2.45) is 0 Å². The average molecular weight is 420 g/mol. The van der Waals surface area contributed by atoms with Crippen LogP contribution in [0.2, 0.25) is 0 Å². The quantitative estimate of drug-likeness (QED) is 0.640. The van der Waals surface area contributed by atoms with Gasteiger partial charge in [0.15, 0.2) is 16.5 Å². The largest absolute Gasteiger partial charge is 0.352 e. The van der Waals surface area contributed by atoms with E-state index in [2.05, 4.69) is 15.2 Å². The van der Waals surface area contributed by atoms with Crippen LogP contribution in [-0.2, 0) is 10.0 Å². The number of benzene rings is 1. The number of halogens is 2. The topological polar surface area (TPSA) is 84.2 Å². The second-order valence-electron chi connectivity index (χ2n) is 6.54. The van der Waals surface area contributed by atoms with Gasteiger partial charge in [-0.05, 0) is 31.2 Å². The van der Waals surface area contributed by atoms with Crippen molar-refractivity contribution < 1.29 is 17.2 Å². The number of hydrogen-bond donors (Lipinski definition) is 0. The Kier molecular flexibility index (Phi) is 5.01. The fourth-order valence-electron chi connectivity index (χ4n) is 3.25. The zero-order valence-corrected chi connectivity index (χ0v) is 16.4. The van der Waals surface area contributed by atoms with Gasteiger partial charge in [-0.15, -0.1) is 10.2 Å². The van der Waals surface area contributed by atoms with Gasteiger partial charge in [-0.1, -0.05) is 6.07 Å². The van der Waals surface area contributed by atoms with Crippen LogP contribution >= 0.6 is 0 Å². The molecule has 3 aromatic rings. The molecule has 1 aliphatic rings. The molecule has 0 aliphatic carbocycles. The maximum absolute atomic E-state index is 13.9. The third-order valence-corrected chi connectivity index (χ3v) is 6.74. The molecule has 1 aliphatic heterocycles. The lowest BCUT2D eigenvalue weighted by Gasteiger charge is -2.34. The fourth-order valence-corrected chi connectivity index (χ4v) is 4.78. The van der Waals surface area contributed by atoms with E-state index in [0.717, 1.165) is 28.3 Å². The minimum absolute atomic E-state index is 0.0835. The van der Waals surface area contributed by atoms with Crippen LogP contribution in [0.3, 0.4) is 0 Å². The van der Waals surface area contributed by atoms with Gasteiger partial charge in [0.05, 0.1) is 0 Å². The molecular weight excluding hydrogens is 402 g/mol. The lowest BCUT2D eigenvalue weighted by atomic mass is 10.3. The number of nitrogens with zero attached hydrogens (tertiary/aromatic N) is 6. The predicted molar refractivity (Wildman–Crippen MR) is 101 cm³/mol. The highest BCUT2D eigenvalue weighted by Gasteiger charge is 2.33. The highest BCUT2D eigenvalue weighted by molar-refractivity contribution is 7.89. The Bertz CT molecular complexity index is 1110. The first-order valence-corrected chi connectivity index (χ1v) is 10.3. The molecule has 3 heterocycles. The van der Waals surface area contributed by atoms with E-state index in [-0.39, 0.29) is 13.1 Å². The summed E-state index contributed by atoms with van der Waals surface area (Å²) >= 11 is 0. The summed E-state index contributed by atoms with van der Waals surface area (Å²) in [5.74, 6) is -0.181. The first-order valence-electron chi connectivity index (χ1n) is 8.91. The molecular formula is C18H18F2N6O2S. The molecule has 0 spiro atoms. The molecule has 11 heteroatoms. The molecule has 0 saturated carbocycles. The molecule has 1 saturated heterocycles. The van der Waals surface area contributed by atoms with E-state index in [0.29, 0.717) is 24.7 Å². The summed E-state index contributed by atoms with van der Waals surface area (Å²) < 4.78 is 56.1. The van der Waals surface area contributed by atoms with Gasteiger partial charge in [0.2, 0.25) is 10.0 Å². The molecule has 8 nitrogen and oxygen atoms in total. The third kappa shape index (κ3) is 3.58. The lowest BCUT2D eigenvalue weighted by molar-refractivity contribution is 0.377. The average Bonchev–Trinajstić information content (AvgIpc) is 3.14. The van der Waals surface area contributed by atoms with Gasteiger partial charge in [-0.3, -0.25) is 4.57 Å². The summed E-state index contributed by atoms with van der Waals surface area (Å²) in [7, 11) is -4.26. The summed E-state index contributed by atoms with van der Waals surface area (Å²) in [5, 5.41) is 8.41. The number of sulfonamides is 1. The van der Waals surface area contributed by atoms with Crippen molar-refractivity contribution in [1.82, 2.24) is 24.1 Å². The third-order valence-electron chi connectivity index (χ3n) is 4.79.